The van der Waals surface area contributed by atoms with Crippen molar-refractivity contribution in [2.75, 3.05) is 13.1 Å². The number of piperidine rings is 1. The van der Waals surface area contributed by atoms with Crippen molar-refractivity contribution >= 4 is 6.09 Å². The summed E-state index contributed by atoms with van der Waals surface area (Å²) < 4.78 is 5.42. The molecule has 0 saturated carbocycles. The van der Waals surface area contributed by atoms with Crippen molar-refractivity contribution in [3.8, 4) is 11.4 Å². The maximum absolute atomic E-state index is 11.0. The fourth-order valence-corrected chi connectivity index (χ4v) is 2.96. The first-order valence-corrected chi connectivity index (χ1v) is 8.27. The minimum Gasteiger partial charge on any atom is -0.465 e. The molecule has 128 valence electrons. The standard InChI is InChI=1S/C18H23N3O3/c1-18(2,3)14-6-4-12(5-7-14)15-19-16(24-20-15)13-8-10-21(11-9-13)17(22)23/h4-7,13H,8-11H2,1-3H3,(H,22,23). The lowest BCUT2D eigenvalue weighted by atomic mass is 9.87. The number of carboxylic acid groups (broad SMARTS) is 1. The topological polar surface area (TPSA) is 79.5 Å². The van der Waals surface area contributed by atoms with E-state index >= 15 is 0 Å². The molecule has 1 amide bonds. The van der Waals surface area contributed by atoms with Gasteiger partial charge in [-0.3, -0.25) is 0 Å². The van der Waals surface area contributed by atoms with Crippen LogP contribution in [0, 0.1) is 0 Å². The van der Waals surface area contributed by atoms with Gasteiger partial charge in [-0.15, -0.1) is 0 Å². The van der Waals surface area contributed by atoms with Crippen LogP contribution >= 0.6 is 0 Å². The Morgan fingerprint density at radius 1 is 1.21 bits per heavy atom. The van der Waals surface area contributed by atoms with E-state index in [4.69, 9.17) is 9.63 Å². The number of likely N-dealkylation sites (tertiary alicyclic amines) is 1. The van der Waals surface area contributed by atoms with E-state index in [-0.39, 0.29) is 11.3 Å². The molecule has 1 aliphatic rings. The Morgan fingerprint density at radius 2 is 1.83 bits per heavy atom. The van der Waals surface area contributed by atoms with Gasteiger partial charge in [-0.1, -0.05) is 50.2 Å². The minimum absolute atomic E-state index is 0.110. The van der Waals surface area contributed by atoms with Gasteiger partial charge in [0.05, 0.1) is 0 Å². The normalized spacial score (nSPS) is 16.4. The van der Waals surface area contributed by atoms with Crippen molar-refractivity contribution in [1.82, 2.24) is 15.0 Å². The Kier molecular flexibility index (Phi) is 4.30. The van der Waals surface area contributed by atoms with Crippen LogP contribution < -0.4 is 0 Å². The van der Waals surface area contributed by atoms with E-state index in [0.717, 1.165) is 18.4 Å². The summed E-state index contributed by atoms with van der Waals surface area (Å²) in [6.45, 7) is 7.56. The number of nitrogens with zero attached hydrogens (tertiary/aromatic N) is 3. The van der Waals surface area contributed by atoms with Crippen LogP contribution in [0.3, 0.4) is 0 Å². The van der Waals surface area contributed by atoms with E-state index < -0.39 is 6.09 Å². The Bertz CT molecular complexity index is 708. The van der Waals surface area contributed by atoms with Gasteiger partial charge < -0.3 is 14.5 Å². The van der Waals surface area contributed by atoms with E-state index in [1.165, 1.54) is 10.5 Å². The summed E-state index contributed by atoms with van der Waals surface area (Å²) in [5, 5.41) is 13.1. The Labute approximate surface area is 141 Å². The molecule has 2 heterocycles. The molecule has 0 aliphatic carbocycles. The Hall–Kier alpha value is -2.37. The maximum atomic E-state index is 11.0. The molecule has 1 aromatic heterocycles. The molecule has 3 rings (SSSR count). The second kappa shape index (κ2) is 6.26. The second-order valence-electron chi connectivity index (χ2n) is 7.33. The molecular formula is C18H23N3O3. The van der Waals surface area contributed by atoms with Gasteiger partial charge in [0.2, 0.25) is 11.7 Å². The molecule has 2 aromatic rings. The van der Waals surface area contributed by atoms with Gasteiger partial charge in [0, 0.05) is 24.6 Å². The molecule has 1 saturated heterocycles. The lowest BCUT2D eigenvalue weighted by molar-refractivity contribution is 0.128. The molecule has 0 atom stereocenters. The highest BCUT2D eigenvalue weighted by Crippen LogP contribution is 2.29. The zero-order chi connectivity index (χ0) is 17.3. The van der Waals surface area contributed by atoms with Crippen LogP contribution in [0.2, 0.25) is 0 Å². The van der Waals surface area contributed by atoms with Crippen molar-refractivity contribution < 1.29 is 14.4 Å². The molecule has 6 heteroatoms. The summed E-state index contributed by atoms with van der Waals surface area (Å²) in [4.78, 5) is 16.9. The van der Waals surface area contributed by atoms with Crippen LogP contribution in [0.1, 0.15) is 51.0 Å². The monoisotopic (exact) mass is 329 g/mol. The minimum atomic E-state index is -0.862. The van der Waals surface area contributed by atoms with Crippen molar-refractivity contribution in [2.24, 2.45) is 0 Å². The van der Waals surface area contributed by atoms with Gasteiger partial charge in [-0.2, -0.15) is 4.98 Å². The summed E-state index contributed by atoms with van der Waals surface area (Å²) in [7, 11) is 0. The number of hydrogen-bond acceptors (Lipinski definition) is 4. The number of aromatic nitrogens is 2. The first kappa shape index (κ1) is 16.5. The summed E-state index contributed by atoms with van der Waals surface area (Å²) in [6, 6.07) is 8.22. The van der Waals surface area contributed by atoms with Crippen LogP contribution in [0.5, 0.6) is 0 Å². The van der Waals surface area contributed by atoms with Gasteiger partial charge in [-0.05, 0) is 23.8 Å². The number of benzene rings is 1. The Balaban J connectivity index is 1.71. The summed E-state index contributed by atoms with van der Waals surface area (Å²) >= 11 is 0. The van der Waals surface area contributed by atoms with Crippen molar-refractivity contribution in [2.45, 2.75) is 44.9 Å². The van der Waals surface area contributed by atoms with Crippen LogP contribution in [-0.4, -0.2) is 39.3 Å². The highest BCUT2D eigenvalue weighted by molar-refractivity contribution is 5.65. The largest absolute Gasteiger partial charge is 0.465 e. The molecule has 0 bridgehead atoms. The van der Waals surface area contributed by atoms with E-state index in [1.807, 2.05) is 12.1 Å². The Morgan fingerprint density at radius 3 is 2.38 bits per heavy atom. The number of carbonyl (C=O) groups is 1. The predicted octanol–water partition coefficient (Wildman–Crippen LogP) is 3.89. The van der Waals surface area contributed by atoms with E-state index in [0.29, 0.717) is 24.8 Å². The van der Waals surface area contributed by atoms with Crippen molar-refractivity contribution in [3.63, 3.8) is 0 Å². The predicted molar refractivity (Wildman–Crippen MR) is 90.0 cm³/mol. The third kappa shape index (κ3) is 3.42. The summed E-state index contributed by atoms with van der Waals surface area (Å²) in [5.74, 6) is 1.33. The molecule has 0 unspecified atom stereocenters. The molecule has 1 aromatic carbocycles. The quantitative estimate of drug-likeness (QED) is 0.904. The molecular weight excluding hydrogens is 306 g/mol. The van der Waals surface area contributed by atoms with Gasteiger partial charge in [0.25, 0.3) is 0 Å². The van der Waals surface area contributed by atoms with E-state index in [1.54, 1.807) is 0 Å². The van der Waals surface area contributed by atoms with E-state index in [2.05, 4.69) is 43.0 Å². The fraction of sp³-hybridized carbons (Fsp3) is 0.500. The molecule has 6 nitrogen and oxygen atoms in total. The lowest BCUT2D eigenvalue weighted by Gasteiger charge is -2.27. The number of hydrogen-bond donors (Lipinski definition) is 1. The smallest absolute Gasteiger partial charge is 0.407 e. The third-order valence-corrected chi connectivity index (χ3v) is 4.57. The zero-order valence-corrected chi connectivity index (χ0v) is 14.3. The average molecular weight is 329 g/mol. The fourth-order valence-electron chi connectivity index (χ4n) is 2.96. The molecule has 0 radical (unpaired) electrons. The first-order chi connectivity index (χ1) is 11.3. The molecule has 1 N–H and O–H groups in total. The second-order valence-corrected chi connectivity index (χ2v) is 7.33. The SMILES string of the molecule is CC(C)(C)c1ccc(-c2noc(C3CCN(C(=O)O)CC3)n2)cc1. The highest BCUT2D eigenvalue weighted by Gasteiger charge is 2.27. The van der Waals surface area contributed by atoms with Gasteiger partial charge >= 0.3 is 6.09 Å². The van der Waals surface area contributed by atoms with Crippen LogP contribution in [0.15, 0.2) is 28.8 Å². The van der Waals surface area contributed by atoms with Gasteiger partial charge in [-0.25, -0.2) is 4.79 Å². The van der Waals surface area contributed by atoms with Crippen LogP contribution in [0.25, 0.3) is 11.4 Å². The average Bonchev–Trinajstić information content (AvgIpc) is 3.04. The maximum Gasteiger partial charge on any atom is 0.407 e. The van der Waals surface area contributed by atoms with Gasteiger partial charge in [0.1, 0.15) is 0 Å². The molecule has 24 heavy (non-hydrogen) atoms. The molecule has 0 spiro atoms. The van der Waals surface area contributed by atoms with Crippen LogP contribution in [-0.2, 0) is 5.41 Å². The van der Waals surface area contributed by atoms with E-state index in [9.17, 15) is 4.79 Å². The zero-order valence-electron chi connectivity index (χ0n) is 14.3. The molecule has 1 aliphatic heterocycles. The highest BCUT2D eigenvalue weighted by atomic mass is 16.5. The van der Waals surface area contributed by atoms with Gasteiger partial charge in [0.15, 0.2) is 0 Å². The number of amides is 1. The third-order valence-electron chi connectivity index (χ3n) is 4.57. The molecule has 1 fully saturated rings. The lowest BCUT2D eigenvalue weighted by Crippen LogP contribution is -2.36. The number of rotatable bonds is 2. The van der Waals surface area contributed by atoms with Crippen molar-refractivity contribution in [3.05, 3.63) is 35.7 Å². The first-order valence-electron chi connectivity index (χ1n) is 8.27. The van der Waals surface area contributed by atoms with Crippen LogP contribution in [0.4, 0.5) is 4.79 Å². The summed E-state index contributed by atoms with van der Waals surface area (Å²) in [5.41, 5.74) is 2.30. The summed E-state index contributed by atoms with van der Waals surface area (Å²) in [6.07, 6.45) is 0.576. The van der Waals surface area contributed by atoms with Crippen molar-refractivity contribution in [1.29, 1.82) is 0 Å².